The molecule has 0 saturated carbocycles. The molecule has 0 aliphatic carbocycles. The van der Waals surface area contributed by atoms with Crippen molar-refractivity contribution in [3.8, 4) is 0 Å². The predicted octanol–water partition coefficient (Wildman–Crippen LogP) is 5.11. The highest BCUT2D eigenvalue weighted by Crippen LogP contribution is 2.23. The van der Waals surface area contributed by atoms with E-state index < -0.39 is 0 Å². The number of rotatable bonds is 6. The number of thioether (sulfide) groups is 1. The van der Waals surface area contributed by atoms with Crippen molar-refractivity contribution >= 4 is 17.7 Å². The highest BCUT2D eigenvalue weighted by molar-refractivity contribution is 7.99. The van der Waals surface area contributed by atoms with E-state index in [4.69, 9.17) is 0 Å². The lowest BCUT2D eigenvalue weighted by atomic mass is 9.96. The van der Waals surface area contributed by atoms with Gasteiger partial charge in [-0.15, -0.1) is 11.8 Å². The fourth-order valence-electron chi connectivity index (χ4n) is 2.73. The molecular formula is C21H27NOS. The summed E-state index contributed by atoms with van der Waals surface area (Å²) in [4.78, 5) is 12.5. The van der Waals surface area contributed by atoms with E-state index in [0.29, 0.717) is 0 Å². The van der Waals surface area contributed by atoms with E-state index in [2.05, 4.69) is 57.3 Å². The van der Waals surface area contributed by atoms with Crippen LogP contribution >= 0.6 is 11.8 Å². The Morgan fingerprint density at radius 1 is 1.00 bits per heavy atom. The van der Waals surface area contributed by atoms with Crippen LogP contribution in [0.2, 0.25) is 0 Å². The highest BCUT2D eigenvalue weighted by atomic mass is 32.2. The fourth-order valence-corrected chi connectivity index (χ4v) is 3.58. The zero-order valence-corrected chi connectivity index (χ0v) is 16.0. The van der Waals surface area contributed by atoms with E-state index in [-0.39, 0.29) is 17.2 Å². The molecule has 0 aliphatic rings. The first-order chi connectivity index (χ1) is 11.4. The summed E-state index contributed by atoms with van der Waals surface area (Å²) in [6.45, 7) is 10.4. The summed E-state index contributed by atoms with van der Waals surface area (Å²) < 4.78 is 0. The molecule has 0 unspecified atom stereocenters. The first-order valence-electron chi connectivity index (χ1n) is 8.42. The van der Waals surface area contributed by atoms with E-state index >= 15 is 0 Å². The van der Waals surface area contributed by atoms with E-state index in [1.165, 1.54) is 27.8 Å². The molecule has 2 atom stereocenters. The second-order valence-corrected chi connectivity index (χ2v) is 7.79. The maximum atomic E-state index is 12.5. The molecule has 2 rings (SSSR count). The second kappa shape index (κ2) is 8.39. The van der Waals surface area contributed by atoms with E-state index in [0.717, 1.165) is 5.75 Å². The van der Waals surface area contributed by atoms with Crippen molar-refractivity contribution in [2.24, 2.45) is 0 Å². The Labute approximate surface area is 150 Å². The van der Waals surface area contributed by atoms with Crippen LogP contribution in [-0.4, -0.2) is 11.2 Å². The zero-order valence-electron chi connectivity index (χ0n) is 15.2. The molecular weight excluding hydrogens is 314 g/mol. The smallest absolute Gasteiger partial charge is 0.233 e. The molecule has 0 radical (unpaired) electrons. The lowest BCUT2D eigenvalue weighted by Gasteiger charge is -2.20. The normalized spacial score (nSPS) is 13.4. The second-order valence-electron chi connectivity index (χ2n) is 6.46. The number of aryl methyl sites for hydroxylation is 3. The topological polar surface area (TPSA) is 29.1 Å². The van der Waals surface area contributed by atoms with Crippen molar-refractivity contribution in [2.75, 3.05) is 0 Å². The molecule has 1 N–H and O–H groups in total. The molecule has 24 heavy (non-hydrogen) atoms. The van der Waals surface area contributed by atoms with Gasteiger partial charge in [0.25, 0.3) is 0 Å². The number of carbonyl (C=O) groups excluding carboxylic acids is 1. The highest BCUT2D eigenvalue weighted by Gasteiger charge is 2.18. The van der Waals surface area contributed by atoms with Crippen molar-refractivity contribution < 1.29 is 4.79 Å². The molecule has 0 saturated heterocycles. The number of hydrogen-bond acceptors (Lipinski definition) is 2. The first kappa shape index (κ1) is 18.6. The van der Waals surface area contributed by atoms with Crippen LogP contribution in [0.4, 0.5) is 0 Å². The summed E-state index contributed by atoms with van der Waals surface area (Å²) in [7, 11) is 0. The third-order valence-corrected chi connectivity index (χ3v) is 5.63. The van der Waals surface area contributed by atoms with Crippen LogP contribution in [0.3, 0.4) is 0 Å². The molecule has 0 bridgehead atoms. The van der Waals surface area contributed by atoms with Gasteiger partial charge in [0.1, 0.15) is 0 Å². The van der Waals surface area contributed by atoms with Gasteiger partial charge in [-0.3, -0.25) is 4.79 Å². The quantitative estimate of drug-likeness (QED) is 0.791. The van der Waals surface area contributed by atoms with E-state index in [1.54, 1.807) is 11.8 Å². The summed E-state index contributed by atoms with van der Waals surface area (Å²) in [5, 5.41) is 3.09. The van der Waals surface area contributed by atoms with Gasteiger partial charge in [-0.2, -0.15) is 0 Å². The van der Waals surface area contributed by atoms with E-state index in [9.17, 15) is 4.79 Å². The van der Waals surface area contributed by atoms with Gasteiger partial charge in [-0.25, -0.2) is 0 Å². The number of benzene rings is 2. The third kappa shape index (κ3) is 4.88. The maximum absolute atomic E-state index is 12.5. The summed E-state index contributed by atoms with van der Waals surface area (Å²) in [6.07, 6.45) is 0. The Morgan fingerprint density at radius 3 is 2.29 bits per heavy atom. The van der Waals surface area contributed by atoms with Crippen LogP contribution in [0.5, 0.6) is 0 Å². The van der Waals surface area contributed by atoms with Gasteiger partial charge in [0.15, 0.2) is 0 Å². The van der Waals surface area contributed by atoms with Crippen LogP contribution in [0.25, 0.3) is 0 Å². The Bertz CT molecular complexity index is 696. The summed E-state index contributed by atoms with van der Waals surface area (Å²) in [5.41, 5.74) is 6.24. The van der Waals surface area contributed by atoms with Gasteiger partial charge in [0.05, 0.1) is 11.3 Å². The van der Waals surface area contributed by atoms with Crippen LogP contribution in [-0.2, 0) is 10.5 Å². The van der Waals surface area contributed by atoms with Crippen LogP contribution in [0.15, 0.2) is 42.5 Å². The zero-order chi connectivity index (χ0) is 17.7. The Hall–Kier alpha value is -1.74. The van der Waals surface area contributed by atoms with Gasteiger partial charge in [0, 0.05) is 5.75 Å². The average molecular weight is 342 g/mol. The predicted molar refractivity (Wildman–Crippen MR) is 104 cm³/mol. The summed E-state index contributed by atoms with van der Waals surface area (Å²) in [6, 6.07) is 14.7. The number of nitrogens with one attached hydrogen (secondary N) is 1. The number of hydrogen-bond donors (Lipinski definition) is 1. The van der Waals surface area contributed by atoms with Gasteiger partial charge in [0.2, 0.25) is 5.91 Å². The lowest BCUT2D eigenvalue weighted by Crippen LogP contribution is -2.33. The fraction of sp³-hybridized carbons (Fsp3) is 0.381. The average Bonchev–Trinajstić information content (AvgIpc) is 2.56. The maximum Gasteiger partial charge on any atom is 0.233 e. The first-order valence-corrected chi connectivity index (χ1v) is 9.47. The molecule has 0 spiro atoms. The van der Waals surface area contributed by atoms with Crippen molar-refractivity contribution in [3.05, 3.63) is 70.3 Å². The van der Waals surface area contributed by atoms with Crippen LogP contribution in [0.1, 0.15) is 47.7 Å². The number of carbonyl (C=O) groups is 1. The van der Waals surface area contributed by atoms with E-state index in [1.807, 2.05) is 25.1 Å². The monoisotopic (exact) mass is 341 g/mol. The molecule has 3 heteroatoms. The van der Waals surface area contributed by atoms with Gasteiger partial charge in [-0.05, 0) is 62.4 Å². The molecule has 0 aliphatic heterocycles. The van der Waals surface area contributed by atoms with Crippen molar-refractivity contribution in [3.63, 3.8) is 0 Å². The van der Waals surface area contributed by atoms with Gasteiger partial charge < -0.3 is 5.32 Å². The Balaban J connectivity index is 1.94. The molecule has 2 aromatic carbocycles. The largest absolute Gasteiger partial charge is 0.349 e. The van der Waals surface area contributed by atoms with Crippen LogP contribution < -0.4 is 5.32 Å². The number of amides is 1. The van der Waals surface area contributed by atoms with Crippen molar-refractivity contribution in [1.82, 2.24) is 5.32 Å². The lowest BCUT2D eigenvalue weighted by molar-refractivity contribution is -0.120. The third-order valence-electron chi connectivity index (χ3n) is 4.42. The minimum Gasteiger partial charge on any atom is -0.349 e. The van der Waals surface area contributed by atoms with Crippen molar-refractivity contribution in [1.29, 1.82) is 0 Å². The standard InChI is InChI=1S/C21H27NOS/c1-14-11-16(3)20(12-15(14)2)17(4)22-21(23)18(5)24-13-19-9-7-6-8-10-19/h6-12,17-18H,13H2,1-5H3,(H,22,23)/t17-,18-/m1/s1. The Kier molecular flexibility index (Phi) is 6.50. The molecule has 2 nitrogen and oxygen atoms in total. The summed E-state index contributed by atoms with van der Waals surface area (Å²) >= 11 is 1.67. The molecule has 0 heterocycles. The summed E-state index contributed by atoms with van der Waals surface area (Å²) in [5.74, 6) is 0.952. The van der Waals surface area contributed by atoms with Gasteiger partial charge >= 0.3 is 0 Å². The van der Waals surface area contributed by atoms with Crippen molar-refractivity contribution in [2.45, 2.75) is 51.7 Å². The minimum absolute atomic E-state index is 0.0246. The molecule has 0 fully saturated rings. The SMILES string of the molecule is Cc1cc(C)c([C@@H](C)NC(=O)[C@@H](C)SCc2ccccc2)cc1C. The molecule has 0 aromatic heterocycles. The van der Waals surface area contributed by atoms with Gasteiger partial charge in [-0.1, -0.05) is 42.5 Å². The Morgan fingerprint density at radius 2 is 1.62 bits per heavy atom. The molecule has 2 aromatic rings. The molecule has 128 valence electrons. The van der Waals surface area contributed by atoms with Crippen LogP contribution in [0, 0.1) is 20.8 Å². The molecule has 1 amide bonds. The minimum atomic E-state index is -0.0699.